The maximum Gasteiger partial charge on any atom is 0.293 e. The Labute approximate surface area is 121 Å². The summed E-state index contributed by atoms with van der Waals surface area (Å²) < 4.78 is 18.9. The summed E-state index contributed by atoms with van der Waals surface area (Å²) in [7, 11) is 0. The summed E-state index contributed by atoms with van der Waals surface area (Å²) in [4.78, 5) is 14.3. The van der Waals surface area contributed by atoms with Crippen LogP contribution in [0.5, 0.6) is 0 Å². The number of hydrogen-bond donors (Lipinski definition) is 1. The molecule has 0 radical (unpaired) electrons. The molecular weight excluding hydrogens is 368 g/mol. The number of aromatic nitrogens is 1. The first kappa shape index (κ1) is 13.7. The van der Waals surface area contributed by atoms with Gasteiger partial charge in [0.05, 0.1) is 21.2 Å². The lowest BCUT2D eigenvalue weighted by Crippen LogP contribution is -2.04. The Kier molecular flexibility index (Phi) is 3.98. The maximum atomic E-state index is 13.4. The lowest BCUT2D eigenvalue weighted by Gasteiger charge is -2.06. The van der Waals surface area contributed by atoms with Crippen LogP contribution in [0, 0.1) is 26.4 Å². The van der Waals surface area contributed by atoms with E-state index in [2.05, 4.69) is 10.3 Å². The Balaban J connectivity index is 2.23. The number of hydrogen-bond acceptors (Lipinski definition) is 5. The van der Waals surface area contributed by atoms with E-state index in [0.29, 0.717) is 11.7 Å². The molecule has 100 valence electrons. The summed E-state index contributed by atoms with van der Waals surface area (Å²) in [5.74, 6) is 0.503. The van der Waals surface area contributed by atoms with Crippen LogP contribution in [-0.2, 0) is 6.54 Å². The molecule has 1 N–H and O–H groups in total. The molecule has 0 atom stereocenters. The average molecular weight is 377 g/mol. The highest BCUT2D eigenvalue weighted by Crippen LogP contribution is 2.28. The van der Waals surface area contributed by atoms with E-state index in [1.165, 1.54) is 6.07 Å². The number of nitro benzene ring substituents is 1. The second-order valence-corrected chi connectivity index (χ2v) is 4.92. The number of halogens is 2. The molecule has 0 aliphatic heterocycles. The van der Waals surface area contributed by atoms with E-state index < -0.39 is 10.7 Å². The summed E-state index contributed by atoms with van der Waals surface area (Å²) >= 11 is 1.71. The van der Waals surface area contributed by atoms with Crippen molar-refractivity contribution >= 4 is 34.0 Å². The molecule has 0 spiro atoms. The van der Waals surface area contributed by atoms with Gasteiger partial charge in [-0.1, -0.05) is 0 Å². The van der Waals surface area contributed by atoms with Crippen molar-refractivity contribution in [3.63, 3.8) is 0 Å². The normalized spacial score (nSPS) is 10.5. The van der Waals surface area contributed by atoms with Crippen molar-refractivity contribution in [2.75, 3.05) is 5.32 Å². The van der Waals surface area contributed by atoms with E-state index >= 15 is 0 Å². The average Bonchev–Trinajstić information content (AvgIpc) is 2.76. The van der Waals surface area contributed by atoms with E-state index in [1.54, 1.807) is 35.7 Å². The number of nitro groups is 1. The van der Waals surface area contributed by atoms with Crippen LogP contribution >= 0.6 is 22.6 Å². The van der Waals surface area contributed by atoms with Crippen LogP contribution < -0.4 is 5.32 Å². The third-order valence-electron chi connectivity index (χ3n) is 2.33. The van der Waals surface area contributed by atoms with Crippen LogP contribution in [-0.4, -0.2) is 9.91 Å². The molecule has 0 bridgehead atoms. The minimum Gasteiger partial charge on any atom is -0.444 e. The van der Waals surface area contributed by atoms with E-state index in [-0.39, 0.29) is 21.5 Å². The van der Waals surface area contributed by atoms with E-state index in [0.717, 1.165) is 6.07 Å². The minimum atomic E-state index is -0.565. The van der Waals surface area contributed by atoms with Gasteiger partial charge in [-0.25, -0.2) is 9.37 Å². The number of nitrogens with zero attached hydrogens (tertiary/aromatic N) is 2. The summed E-state index contributed by atoms with van der Waals surface area (Å²) in [6.45, 7) is 1.89. The van der Waals surface area contributed by atoms with Crippen molar-refractivity contribution in [1.82, 2.24) is 4.98 Å². The second kappa shape index (κ2) is 5.51. The zero-order valence-electron chi connectivity index (χ0n) is 9.81. The molecule has 0 unspecified atom stereocenters. The molecule has 0 aliphatic carbocycles. The molecule has 0 aliphatic rings. The quantitative estimate of drug-likeness (QED) is 0.503. The van der Waals surface area contributed by atoms with Gasteiger partial charge in [0.2, 0.25) is 5.89 Å². The molecule has 0 amide bonds. The molecule has 0 fully saturated rings. The fraction of sp³-hybridized carbons (Fsp3) is 0.182. The van der Waals surface area contributed by atoms with Crippen molar-refractivity contribution in [2.24, 2.45) is 0 Å². The molecule has 2 rings (SSSR count). The summed E-state index contributed by atoms with van der Waals surface area (Å²) in [6, 6.07) is 2.27. The smallest absolute Gasteiger partial charge is 0.293 e. The van der Waals surface area contributed by atoms with Gasteiger partial charge in [0.1, 0.15) is 17.3 Å². The first-order chi connectivity index (χ1) is 8.97. The molecule has 0 saturated heterocycles. The largest absolute Gasteiger partial charge is 0.444 e. The molecule has 1 aromatic carbocycles. The van der Waals surface area contributed by atoms with E-state index in [9.17, 15) is 14.5 Å². The molecule has 1 heterocycles. The summed E-state index contributed by atoms with van der Waals surface area (Å²) in [6.07, 6.45) is 1.54. The zero-order chi connectivity index (χ0) is 14.0. The number of rotatable bonds is 4. The Morgan fingerprint density at radius 1 is 1.58 bits per heavy atom. The number of nitrogens with one attached hydrogen (secondary N) is 1. The van der Waals surface area contributed by atoms with Crippen molar-refractivity contribution in [2.45, 2.75) is 13.5 Å². The van der Waals surface area contributed by atoms with Crippen molar-refractivity contribution < 1.29 is 13.7 Å². The van der Waals surface area contributed by atoms with Gasteiger partial charge in [-0.15, -0.1) is 0 Å². The monoisotopic (exact) mass is 377 g/mol. The van der Waals surface area contributed by atoms with Gasteiger partial charge in [-0.05, 0) is 29.5 Å². The van der Waals surface area contributed by atoms with Crippen LogP contribution in [0.1, 0.15) is 11.7 Å². The van der Waals surface area contributed by atoms with Gasteiger partial charge in [-0.3, -0.25) is 10.1 Å². The maximum absolute atomic E-state index is 13.4. The van der Waals surface area contributed by atoms with Crippen molar-refractivity contribution in [1.29, 1.82) is 0 Å². The first-order valence-corrected chi connectivity index (χ1v) is 6.34. The Morgan fingerprint density at radius 2 is 2.32 bits per heavy atom. The van der Waals surface area contributed by atoms with Gasteiger partial charge in [0.25, 0.3) is 5.69 Å². The van der Waals surface area contributed by atoms with Crippen LogP contribution in [0.25, 0.3) is 0 Å². The second-order valence-electron chi connectivity index (χ2n) is 3.76. The Hall–Kier alpha value is -1.71. The Morgan fingerprint density at radius 3 is 2.89 bits per heavy atom. The topological polar surface area (TPSA) is 81.2 Å². The lowest BCUT2D eigenvalue weighted by molar-refractivity contribution is -0.384. The highest BCUT2D eigenvalue weighted by atomic mass is 127. The van der Waals surface area contributed by atoms with Crippen LogP contribution in [0.3, 0.4) is 0 Å². The van der Waals surface area contributed by atoms with Gasteiger partial charge in [-0.2, -0.15) is 0 Å². The van der Waals surface area contributed by atoms with Crippen molar-refractivity contribution in [3.05, 3.63) is 49.5 Å². The molecule has 19 heavy (non-hydrogen) atoms. The number of oxazole rings is 1. The van der Waals surface area contributed by atoms with Gasteiger partial charge in [0.15, 0.2) is 0 Å². The van der Waals surface area contributed by atoms with Crippen molar-refractivity contribution in [3.8, 4) is 0 Å². The first-order valence-electron chi connectivity index (χ1n) is 5.26. The van der Waals surface area contributed by atoms with Gasteiger partial charge >= 0.3 is 0 Å². The fourth-order valence-corrected chi connectivity index (χ4v) is 1.93. The highest BCUT2D eigenvalue weighted by molar-refractivity contribution is 14.1. The summed E-state index contributed by atoms with van der Waals surface area (Å²) in [5.41, 5.74) is -0.0900. The standard InChI is InChI=1S/C11H9FIN3O3/c1-6-4-15-11(19-6)5-14-9-2-7(12)8(13)3-10(9)16(17)18/h2-4,14H,5H2,1H3. The van der Waals surface area contributed by atoms with Crippen LogP contribution in [0.2, 0.25) is 0 Å². The highest BCUT2D eigenvalue weighted by Gasteiger charge is 2.17. The SMILES string of the molecule is Cc1cnc(CNc2cc(F)c(I)cc2[N+](=O)[O-])o1. The Bertz CT molecular complexity index is 630. The molecule has 8 heteroatoms. The van der Waals surface area contributed by atoms with Gasteiger partial charge in [0, 0.05) is 12.1 Å². The third kappa shape index (κ3) is 3.19. The molecule has 1 aromatic heterocycles. The van der Waals surface area contributed by atoms with Crippen LogP contribution in [0.4, 0.5) is 15.8 Å². The number of anilines is 1. The molecular formula is C11H9FIN3O3. The van der Waals surface area contributed by atoms with Crippen LogP contribution in [0.15, 0.2) is 22.7 Å². The third-order valence-corrected chi connectivity index (χ3v) is 3.16. The predicted octanol–water partition coefficient (Wildman–Crippen LogP) is 3.25. The molecule has 6 nitrogen and oxygen atoms in total. The molecule has 2 aromatic rings. The number of aryl methyl sites for hydroxylation is 1. The predicted molar refractivity (Wildman–Crippen MR) is 74.3 cm³/mol. The number of benzene rings is 1. The van der Waals surface area contributed by atoms with Gasteiger partial charge < -0.3 is 9.73 Å². The fourth-order valence-electron chi connectivity index (χ4n) is 1.48. The molecule has 0 saturated carbocycles. The van der Waals surface area contributed by atoms with E-state index in [1.807, 2.05) is 0 Å². The van der Waals surface area contributed by atoms with E-state index in [4.69, 9.17) is 4.42 Å². The zero-order valence-corrected chi connectivity index (χ0v) is 12.0. The lowest BCUT2D eigenvalue weighted by atomic mass is 10.2. The minimum absolute atomic E-state index is 0.0961. The summed E-state index contributed by atoms with van der Waals surface area (Å²) in [5, 5.41) is 13.7.